The quantitative estimate of drug-likeness (QED) is 0.584. The second-order valence-electron chi connectivity index (χ2n) is 3.24. The Morgan fingerprint density at radius 1 is 1.59 bits per heavy atom. The van der Waals surface area contributed by atoms with Crippen molar-refractivity contribution in [1.82, 2.24) is 9.97 Å². The molecule has 0 aromatic carbocycles. The molecule has 0 bridgehead atoms. The van der Waals surface area contributed by atoms with Gasteiger partial charge < -0.3 is 15.5 Å². The van der Waals surface area contributed by atoms with E-state index >= 15 is 0 Å². The molecular formula is C10H15N3O3S. The van der Waals surface area contributed by atoms with Crippen molar-refractivity contribution < 1.29 is 14.3 Å². The summed E-state index contributed by atoms with van der Waals surface area (Å²) in [7, 11) is 0. The lowest BCUT2D eigenvalue weighted by Crippen LogP contribution is -2.24. The first-order valence-corrected chi connectivity index (χ1v) is 6.14. The van der Waals surface area contributed by atoms with Crippen molar-refractivity contribution >= 4 is 23.6 Å². The summed E-state index contributed by atoms with van der Waals surface area (Å²) >= 11 is 1.20. The van der Waals surface area contributed by atoms with Crippen LogP contribution in [0.5, 0.6) is 0 Å². The number of imidazole rings is 1. The first-order valence-electron chi connectivity index (χ1n) is 5.26. The van der Waals surface area contributed by atoms with Crippen molar-refractivity contribution in [3.05, 3.63) is 11.9 Å². The first kappa shape index (κ1) is 13.6. The van der Waals surface area contributed by atoms with Crippen LogP contribution in [0.2, 0.25) is 0 Å². The van der Waals surface area contributed by atoms with Gasteiger partial charge in [0, 0.05) is 0 Å². The molecule has 94 valence electrons. The number of amides is 1. The van der Waals surface area contributed by atoms with Crippen LogP contribution in [0.1, 0.15) is 30.8 Å². The molecule has 1 aromatic heterocycles. The molecule has 0 radical (unpaired) electrons. The molecule has 0 aliphatic carbocycles. The van der Waals surface area contributed by atoms with E-state index in [1.165, 1.54) is 18.0 Å². The molecule has 1 heterocycles. The SMILES string of the molecule is CCOC(=O)c1cnc(SC(CC)C(N)=O)[nH]1. The highest BCUT2D eigenvalue weighted by molar-refractivity contribution is 8.00. The second kappa shape index (κ2) is 6.29. The van der Waals surface area contributed by atoms with Crippen LogP contribution >= 0.6 is 11.8 Å². The minimum Gasteiger partial charge on any atom is -0.461 e. The molecule has 1 rings (SSSR count). The van der Waals surface area contributed by atoms with Crippen LogP contribution in [0.4, 0.5) is 0 Å². The summed E-state index contributed by atoms with van der Waals surface area (Å²) in [6, 6.07) is 0. The van der Waals surface area contributed by atoms with Gasteiger partial charge in [0.1, 0.15) is 5.69 Å². The molecule has 1 atom stereocenters. The Morgan fingerprint density at radius 2 is 2.29 bits per heavy atom. The van der Waals surface area contributed by atoms with Gasteiger partial charge in [-0.3, -0.25) is 4.79 Å². The molecule has 17 heavy (non-hydrogen) atoms. The highest BCUT2D eigenvalue weighted by atomic mass is 32.2. The third-order valence-corrected chi connectivity index (χ3v) is 3.27. The van der Waals surface area contributed by atoms with E-state index in [0.717, 1.165) is 0 Å². The standard InChI is InChI=1S/C10H15N3O3S/c1-3-7(8(11)14)17-10-12-5-6(13-10)9(15)16-4-2/h5,7H,3-4H2,1-2H3,(H2,11,14)(H,12,13). The smallest absolute Gasteiger partial charge is 0.356 e. The lowest BCUT2D eigenvalue weighted by atomic mass is 10.3. The van der Waals surface area contributed by atoms with Gasteiger partial charge in [0.25, 0.3) is 0 Å². The van der Waals surface area contributed by atoms with E-state index in [-0.39, 0.29) is 10.9 Å². The number of ether oxygens (including phenoxy) is 1. The molecule has 0 aliphatic heterocycles. The average molecular weight is 257 g/mol. The van der Waals surface area contributed by atoms with Crippen molar-refractivity contribution in [3.8, 4) is 0 Å². The highest BCUT2D eigenvalue weighted by Crippen LogP contribution is 2.22. The Morgan fingerprint density at radius 3 is 2.82 bits per heavy atom. The molecule has 3 N–H and O–H groups in total. The average Bonchev–Trinajstić information content (AvgIpc) is 2.74. The highest BCUT2D eigenvalue weighted by Gasteiger charge is 2.17. The maximum Gasteiger partial charge on any atom is 0.356 e. The molecule has 0 saturated heterocycles. The minimum absolute atomic E-state index is 0.272. The summed E-state index contributed by atoms with van der Waals surface area (Å²) in [4.78, 5) is 29.2. The number of hydrogen-bond donors (Lipinski definition) is 2. The van der Waals surface area contributed by atoms with Crippen LogP contribution in [0.15, 0.2) is 11.4 Å². The van der Waals surface area contributed by atoms with E-state index < -0.39 is 11.9 Å². The number of carbonyl (C=O) groups is 2. The summed E-state index contributed by atoms with van der Waals surface area (Å²) in [5, 5.41) is 0.134. The first-order chi connectivity index (χ1) is 8.08. The largest absolute Gasteiger partial charge is 0.461 e. The molecule has 1 amide bonds. The molecule has 0 aliphatic rings. The number of H-pyrrole nitrogens is 1. The van der Waals surface area contributed by atoms with E-state index in [4.69, 9.17) is 10.5 Å². The lowest BCUT2D eigenvalue weighted by Gasteiger charge is -2.07. The van der Waals surface area contributed by atoms with Crippen LogP contribution in [-0.4, -0.2) is 33.7 Å². The monoisotopic (exact) mass is 257 g/mol. The fourth-order valence-electron chi connectivity index (χ4n) is 1.15. The van der Waals surface area contributed by atoms with Crippen molar-refractivity contribution in [1.29, 1.82) is 0 Å². The lowest BCUT2D eigenvalue weighted by molar-refractivity contribution is -0.117. The van der Waals surface area contributed by atoms with Gasteiger partial charge >= 0.3 is 5.97 Å². The fourth-order valence-corrected chi connectivity index (χ4v) is 1.99. The Labute approximate surface area is 103 Å². The van der Waals surface area contributed by atoms with Crippen LogP contribution in [0, 0.1) is 0 Å². The maximum absolute atomic E-state index is 11.4. The Bertz CT molecular complexity index is 405. The summed E-state index contributed by atoms with van der Waals surface area (Å²) in [6.07, 6.45) is 1.99. The second-order valence-corrected chi connectivity index (χ2v) is 4.43. The number of nitrogens with zero attached hydrogens (tertiary/aromatic N) is 1. The van der Waals surface area contributed by atoms with E-state index in [1.54, 1.807) is 6.92 Å². The van der Waals surface area contributed by atoms with Gasteiger partial charge in [-0.25, -0.2) is 9.78 Å². The van der Waals surface area contributed by atoms with Gasteiger partial charge in [-0.1, -0.05) is 18.7 Å². The maximum atomic E-state index is 11.4. The normalized spacial score (nSPS) is 12.1. The Kier molecular flexibility index (Phi) is 5.02. The van der Waals surface area contributed by atoms with E-state index in [1.807, 2.05) is 6.92 Å². The topological polar surface area (TPSA) is 98.1 Å². The molecule has 0 spiro atoms. The molecule has 1 aromatic rings. The number of hydrogen-bond acceptors (Lipinski definition) is 5. The Balaban J connectivity index is 2.68. The van der Waals surface area contributed by atoms with Crippen LogP contribution in [-0.2, 0) is 9.53 Å². The Hall–Kier alpha value is -1.50. The van der Waals surface area contributed by atoms with Crippen molar-refractivity contribution in [2.24, 2.45) is 5.73 Å². The van der Waals surface area contributed by atoms with Gasteiger partial charge in [-0.2, -0.15) is 0 Å². The zero-order chi connectivity index (χ0) is 12.8. The summed E-state index contributed by atoms with van der Waals surface area (Å²) in [6.45, 7) is 3.89. The number of aromatic nitrogens is 2. The molecule has 0 saturated carbocycles. The van der Waals surface area contributed by atoms with Gasteiger partial charge in [0.2, 0.25) is 5.91 Å². The number of rotatable bonds is 6. The van der Waals surface area contributed by atoms with E-state index in [2.05, 4.69) is 9.97 Å². The molecule has 7 heteroatoms. The predicted molar refractivity (Wildman–Crippen MR) is 63.7 cm³/mol. The number of nitrogens with one attached hydrogen (secondary N) is 1. The van der Waals surface area contributed by atoms with Gasteiger partial charge in [0.15, 0.2) is 5.16 Å². The summed E-state index contributed by atoms with van der Waals surface area (Å²) < 4.78 is 4.81. The minimum atomic E-state index is -0.459. The van der Waals surface area contributed by atoms with Gasteiger partial charge in [-0.15, -0.1) is 0 Å². The fraction of sp³-hybridized carbons (Fsp3) is 0.500. The zero-order valence-corrected chi connectivity index (χ0v) is 10.5. The zero-order valence-electron chi connectivity index (χ0n) is 9.73. The summed E-state index contributed by atoms with van der Waals surface area (Å²) in [5.41, 5.74) is 5.49. The third kappa shape index (κ3) is 3.77. The van der Waals surface area contributed by atoms with Gasteiger partial charge in [-0.05, 0) is 13.3 Å². The predicted octanol–water partition coefficient (Wildman–Crippen LogP) is 0.942. The summed E-state index contributed by atoms with van der Waals surface area (Å²) in [5.74, 6) is -0.856. The third-order valence-electron chi connectivity index (χ3n) is 1.99. The molecule has 0 fully saturated rings. The molecular weight excluding hydrogens is 242 g/mol. The number of carbonyl (C=O) groups excluding carboxylic acids is 2. The number of thioether (sulfide) groups is 1. The van der Waals surface area contributed by atoms with Crippen molar-refractivity contribution in [2.45, 2.75) is 30.7 Å². The van der Waals surface area contributed by atoms with Crippen molar-refractivity contribution in [2.75, 3.05) is 6.61 Å². The number of esters is 1. The number of nitrogens with two attached hydrogens (primary N) is 1. The molecule has 6 nitrogen and oxygen atoms in total. The van der Waals surface area contributed by atoms with Crippen LogP contribution < -0.4 is 5.73 Å². The van der Waals surface area contributed by atoms with Crippen LogP contribution in [0.3, 0.4) is 0 Å². The number of aromatic amines is 1. The van der Waals surface area contributed by atoms with Crippen LogP contribution in [0.25, 0.3) is 0 Å². The molecule has 1 unspecified atom stereocenters. The van der Waals surface area contributed by atoms with E-state index in [0.29, 0.717) is 18.2 Å². The number of primary amides is 1. The van der Waals surface area contributed by atoms with Gasteiger partial charge in [0.05, 0.1) is 18.1 Å². The van der Waals surface area contributed by atoms with E-state index in [9.17, 15) is 9.59 Å². The van der Waals surface area contributed by atoms with Crippen molar-refractivity contribution in [3.63, 3.8) is 0 Å².